The summed E-state index contributed by atoms with van der Waals surface area (Å²) in [6.07, 6.45) is 0. The van der Waals surface area contributed by atoms with E-state index >= 15 is 0 Å². The zero-order valence-corrected chi connectivity index (χ0v) is 12.5. The Morgan fingerprint density at radius 2 is 1.87 bits per heavy atom. The minimum atomic E-state index is -0.586. The second-order valence-corrected chi connectivity index (χ2v) is 5.14. The first-order valence-electron chi connectivity index (χ1n) is 6.69. The molecule has 0 saturated heterocycles. The summed E-state index contributed by atoms with van der Waals surface area (Å²) >= 11 is 5.95. The highest BCUT2D eigenvalue weighted by atomic mass is 35.5. The van der Waals surface area contributed by atoms with Gasteiger partial charge in [-0.05, 0) is 18.2 Å². The number of nitrogens with one attached hydrogen (secondary N) is 1. The number of nitro groups is 1. The number of anilines is 1. The number of non-ortho nitro benzene ring substituents is 1. The average molecular weight is 335 g/mol. The standard InChI is InChI=1S/C15H11ClN2O5/c16-12-3-2-10(18(20)21)8-11(12)15(19)17-9-1-4-13-14(7-9)23-6-5-22-13/h1-4,7-8H,5-6H2,(H,17,19). The smallest absolute Gasteiger partial charge is 0.270 e. The Labute approximate surface area is 135 Å². The highest BCUT2D eigenvalue weighted by Crippen LogP contribution is 2.33. The van der Waals surface area contributed by atoms with Gasteiger partial charge >= 0.3 is 0 Å². The van der Waals surface area contributed by atoms with Gasteiger partial charge in [0.2, 0.25) is 0 Å². The normalized spacial score (nSPS) is 12.6. The van der Waals surface area contributed by atoms with Gasteiger partial charge < -0.3 is 14.8 Å². The van der Waals surface area contributed by atoms with E-state index in [4.69, 9.17) is 21.1 Å². The van der Waals surface area contributed by atoms with E-state index in [1.165, 1.54) is 12.1 Å². The number of ether oxygens (including phenoxy) is 2. The predicted octanol–water partition coefficient (Wildman–Crippen LogP) is 3.27. The second kappa shape index (κ2) is 6.13. The zero-order valence-electron chi connectivity index (χ0n) is 11.7. The molecule has 1 aliphatic rings. The first-order chi connectivity index (χ1) is 11.0. The predicted molar refractivity (Wildman–Crippen MR) is 83.5 cm³/mol. The van der Waals surface area contributed by atoms with Gasteiger partial charge in [-0.3, -0.25) is 14.9 Å². The van der Waals surface area contributed by atoms with Crippen LogP contribution in [0.5, 0.6) is 11.5 Å². The molecule has 1 aliphatic heterocycles. The third-order valence-electron chi connectivity index (χ3n) is 3.21. The van der Waals surface area contributed by atoms with E-state index in [0.717, 1.165) is 6.07 Å². The van der Waals surface area contributed by atoms with Gasteiger partial charge in [0.15, 0.2) is 11.5 Å². The molecule has 1 amide bonds. The van der Waals surface area contributed by atoms with Crippen molar-refractivity contribution in [3.8, 4) is 11.5 Å². The van der Waals surface area contributed by atoms with Crippen LogP contribution in [0.3, 0.4) is 0 Å². The Hall–Kier alpha value is -2.80. The molecule has 3 rings (SSSR count). The van der Waals surface area contributed by atoms with Gasteiger partial charge in [0, 0.05) is 23.9 Å². The number of carbonyl (C=O) groups is 1. The number of carbonyl (C=O) groups excluding carboxylic acids is 1. The van der Waals surface area contributed by atoms with Crippen LogP contribution in [0.1, 0.15) is 10.4 Å². The number of amides is 1. The van der Waals surface area contributed by atoms with Gasteiger partial charge in [0.25, 0.3) is 11.6 Å². The van der Waals surface area contributed by atoms with E-state index in [2.05, 4.69) is 5.32 Å². The molecule has 1 heterocycles. The lowest BCUT2D eigenvalue weighted by molar-refractivity contribution is -0.384. The van der Waals surface area contributed by atoms with Gasteiger partial charge in [-0.2, -0.15) is 0 Å². The number of halogens is 1. The first-order valence-corrected chi connectivity index (χ1v) is 7.07. The van der Waals surface area contributed by atoms with Crippen molar-refractivity contribution in [2.24, 2.45) is 0 Å². The van der Waals surface area contributed by atoms with Crippen molar-refractivity contribution in [3.63, 3.8) is 0 Å². The Morgan fingerprint density at radius 3 is 2.61 bits per heavy atom. The van der Waals surface area contributed by atoms with Crippen LogP contribution in [-0.4, -0.2) is 24.0 Å². The van der Waals surface area contributed by atoms with Gasteiger partial charge in [-0.25, -0.2) is 0 Å². The molecule has 7 nitrogen and oxygen atoms in total. The van der Waals surface area contributed by atoms with E-state index in [1.54, 1.807) is 18.2 Å². The number of benzene rings is 2. The van der Waals surface area contributed by atoms with Crippen LogP contribution in [0.25, 0.3) is 0 Å². The van der Waals surface area contributed by atoms with Crippen LogP contribution in [0.15, 0.2) is 36.4 Å². The van der Waals surface area contributed by atoms with Crippen molar-refractivity contribution in [1.82, 2.24) is 0 Å². The SMILES string of the molecule is O=C(Nc1ccc2c(c1)OCCO2)c1cc([N+](=O)[O-])ccc1Cl. The summed E-state index contributed by atoms with van der Waals surface area (Å²) in [5.74, 6) is 0.581. The molecule has 118 valence electrons. The molecule has 0 aliphatic carbocycles. The summed E-state index contributed by atoms with van der Waals surface area (Å²) in [6.45, 7) is 0.906. The fourth-order valence-electron chi connectivity index (χ4n) is 2.12. The Morgan fingerprint density at radius 1 is 1.13 bits per heavy atom. The van der Waals surface area contributed by atoms with Crippen LogP contribution in [-0.2, 0) is 0 Å². The number of fused-ring (bicyclic) bond motifs is 1. The fraction of sp³-hybridized carbons (Fsp3) is 0.133. The molecule has 0 aromatic heterocycles. The van der Waals surface area contributed by atoms with Gasteiger partial charge in [0.05, 0.1) is 15.5 Å². The maximum absolute atomic E-state index is 12.3. The molecule has 1 N–H and O–H groups in total. The van der Waals surface area contributed by atoms with Crippen molar-refractivity contribution in [3.05, 3.63) is 57.1 Å². The maximum atomic E-state index is 12.3. The van der Waals surface area contributed by atoms with Crippen LogP contribution < -0.4 is 14.8 Å². The van der Waals surface area contributed by atoms with E-state index in [0.29, 0.717) is 30.4 Å². The second-order valence-electron chi connectivity index (χ2n) is 4.73. The lowest BCUT2D eigenvalue weighted by Gasteiger charge is -2.19. The summed E-state index contributed by atoms with van der Waals surface area (Å²) in [4.78, 5) is 22.5. The van der Waals surface area contributed by atoms with Crippen molar-refractivity contribution < 1.29 is 19.2 Å². The molecular weight excluding hydrogens is 324 g/mol. The summed E-state index contributed by atoms with van der Waals surface area (Å²) in [6, 6.07) is 8.64. The molecule has 0 fully saturated rings. The highest BCUT2D eigenvalue weighted by Gasteiger charge is 2.17. The molecular formula is C15H11ClN2O5. The highest BCUT2D eigenvalue weighted by molar-refractivity contribution is 6.34. The van der Waals surface area contributed by atoms with Gasteiger partial charge in [0.1, 0.15) is 13.2 Å². The number of hydrogen-bond donors (Lipinski definition) is 1. The van der Waals surface area contributed by atoms with E-state index in [-0.39, 0.29) is 16.3 Å². The Kier molecular flexibility index (Phi) is 4.03. The van der Waals surface area contributed by atoms with E-state index < -0.39 is 10.8 Å². The zero-order chi connectivity index (χ0) is 16.4. The molecule has 0 spiro atoms. The third-order valence-corrected chi connectivity index (χ3v) is 3.54. The van der Waals surface area contributed by atoms with Crippen molar-refractivity contribution in [2.45, 2.75) is 0 Å². The third kappa shape index (κ3) is 3.19. The van der Waals surface area contributed by atoms with E-state index in [9.17, 15) is 14.9 Å². The Bertz CT molecular complexity index is 793. The fourth-order valence-corrected chi connectivity index (χ4v) is 2.32. The Balaban J connectivity index is 1.84. The molecule has 8 heteroatoms. The van der Waals surface area contributed by atoms with Gasteiger partial charge in [-0.1, -0.05) is 11.6 Å². The largest absolute Gasteiger partial charge is 0.486 e. The van der Waals surface area contributed by atoms with Crippen LogP contribution in [0.2, 0.25) is 5.02 Å². The molecule has 23 heavy (non-hydrogen) atoms. The van der Waals surface area contributed by atoms with Crippen LogP contribution >= 0.6 is 11.6 Å². The topological polar surface area (TPSA) is 90.7 Å². The molecule has 0 unspecified atom stereocenters. The minimum absolute atomic E-state index is 0.0238. The summed E-state index contributed by atoms with van der Waals surface area (Å²) < 4.78 is 10.8. The van der Waals surface area contributed by atoms with Gasteiger partial charge in [-0.15, -0.1) is 0 Å². The first kappa shape index (κ1) is 15.1. The molecule has 0 saturated carbocycles. The summed E-state index contributed by atoms with van der Waals surface area (Å²) in [5, 5.41) is 13.6. The number of rotatable bonds is 3. The molecule has 0 radical (unpaired) electrons. The van der Waals surface area contributed by atoms with Crippen molar-refractivity contribution in [1.29, 1.82) is 0 Å². The number of nitrogens with zero attached hydrogens (tertiary/aromatic N) is 1. The maximum Gasteiger partial charge on any atom is 0.270 e. The van der Waals surface area contributed by atoms with Crippen LogP contribution in [0.4, 0.5) is 11.4 Å². The number of hydrogen-bond acceptors (Lipinski definition) is 5. The molecule has 0 atom stereocenters. The lowest BCUT2D eigenvalue weighted by atomic mass is 10.1. The minimum Gasteiger partial charge on any atom is -0.486 e. The van der Waals surface area contributed by atoms with E-state index in [1.807, 2.05) is 0 Å². The number of nitro benzene ring substituents is 1. The monoisotopic (exact) mass is 334 g/mol. The summed E-state index contributed by atoms with van der Waals surface area (Å²) in [5.41, 5.74) is 0.291. The molecule has 2 aromatic rings. The van der Waals surface area contributed by atoms with Crippen molar-refractivity contribution >= 4 is 28.9 Å². The summed E-state index contributed by atoms with van der Waals surface area (Å²) in [7, 11) is 0. The average Bonchev–Trinajstić information content (AvgIpc) is 2.54. The quantitative estimate of drug-likeness (QED) is 0.687. The van der Waals surface area contributed by atoms with Crippen molar-refractivity contribution in [2.75, 3.05) is 18.5 Å². The van der Waals surface area contributed by atoms with Crippen LogP contribution in [0, 0.1) is 10.1 Å². The molecule has 2 aromatic carbocycles. The molecule has 0 bridgehead atoms. The lowest BCUT2D eigenvalue weighted by Crippen LogP contribution is -2.16.